The minimum Gasteiger partial charge on any atom is -0.494 e. The van der Waals surface area contributed by atoms with Crippen molar-refractivity contribution in [1.82, 2.24) is 5.32 Å². The standard InChI is InChI=1S/C17H26FNO2/c1-4-9-19-15(17(21-3)13-6-7-13)11-12-5-8-16(20-2)14(18)10-12/h5,8,10,13,15,17,19H,4,6-7,9,11H2,1-3H3. The summed E-state index contributed by atoms with van der Waals surface area (Å²) in [5, 5.41) is 3.56. The van der Waals surface area contributed by atoms with E-state index in [-0.39, 0.29) is 18.0 Å². The first kappa shape index (κ1) is 16.2. The van der Waals surface area contributed by atoms with Crippen molar-refractivity contribution in [3.05, 3.63) is 29.6 Å². The van der Waals surface area contributed by atoms with E-state index in [1.165, 1.54) is 20.0 Å². The summed E-state index contributed by atoms with van der Waals surface area (Å²) in [4.78, 5) is 0. The predicted molar refractivity (Wildman–Crippen MR) is 82.3 cm³/mol. The SMILES string of the molecule is CCCNC(Cc1ccc(OC)c(F)c1)C(OC)C1CC1. The molecule has 2 unspecified atom stereocenters. The first-order valence-corrected chi connectivity index (χ1v) is 7.78. The normalized spacial score (nSPS) is 17.5. The van der Waals surface area contributed by atoms with Crippen molar-refractivity contribution < 1.29 is 13.9 Å². The zero-order valence-corrected chi connectivity index (χ0v) is 13.2. The Bertz CT molecular complexity index is 448. The maximum absolute atomic E-state index is 13.8. The van der Waals surface area contributed by atoms with Gasteiger partial charge in [-0.15, -0.1) is 0 Å². The van der Waals surface area contributed by atoms with Crippen LogP contribution in [0.5, 0.6) is 5.75 Å². The molecule has 1 fully saturated rings. The molecule has 0 radical (unpaired) electrons. The molecule has 0 heterocycles. The highest BCUT2D eigenvalue weighted by molar-refractivity contribution is 5.30. The molecule has 1 aromatic carbocycles. The first-order valence-electron chi connectivity index (χ1n) is 7.78. The molecule has 1 saturated carbocycles. The Kier molecular flexibility index (Phi) is 6.00. The second-order valence-electron chi connectivity index (χ2n) is 5.77. The molecule has 0 amide bonds. The number of rotatable bonds is 9. The fraction of sp³-hybridized carbons (Fsp3) is 0.647. The van der Waals surface area contributed by atoms with Gasteiger partial charge < -0.3 is 14.8 Å². The van der Waals surface area contributed by atoms with Gasteiger partial charge in [0.15, 0.2) is 11.6 Å². The van der Waals surface area contributed by atoms with Crippen LogP contribution in [0.25, 0.3) is 0 Å². The molecule has 2 rings (SSSR count). The highest BCUT2D eigenvalue weighted by Gasteiger charge is 2.36. The van der Waals surface area contributed by atoms with Crippen LogP contribution in [0.2, 0.25) is 0 Å². The molecular formula is C17H26FNO2. The van der Waals surface area contributed by atoms with E-state index >= 15 is 0 Å². The number of hydrogen-bond acceptors (Lipinski definition) is 3. The second-order valence-corrected chi connectivity index (χ2v) is 5.77. The van der Waals surface area contributed by atoms with E-state index in [9.17, 15) is 4.39 Å². The Balaban J connectivity index is 2.07. The number of nitrogens with one attached hydrogen (secondary N) is 1. The summed E-state index contributed by atoms with van der Waals surface area (Å²) in [7, 11) is 3.26. The number of benzene rings is 1. The monoisotopic (exact) mass is 295 g/mol. The third kappa shape index (κ3) is 4.42. The Morgan fingerprint density at radius 1 is 1.33 bits per heavy atom. The summed E-state index contributed by atoms with van der Waals surface area (Å²) < 4.78 is 24.5. The lowest BCUT2D eigenvalue weighted by atomic mass is 9.97. The third-order valence-electron chi connectivity index (χ3n) is 4.08. The maximum atomic E-state index is 13.8. The van der Waals surface area contributed by atoms with Crippen LogP contribution in [0.15, 0.2) is 18.2 Å². The highest BCUT2D eigenvalue weighted by Crippen LogP contribution is 2.36. The van der Waals surface area contributed by atoms with E-state index in [1.807, 2.05) is 6.07 Å². The summed E-state index contributed by atoms with van der Waals surface area (Å²) in [5.41, 5.74) is 0.976. The van der Waals surface area contributed by atoms with Crippen LogP contribution in [0.4, 0.5) is 4.39 Å². The highest BCUT2D eigenvalue weighted by atomic mass is 19.1. The van der Waals surface area contributed by atoms with Gasteiger partial charge in [-0.3, -0.25) is 0 Å². The van der Waals surface area contributed by atoms with E-state index in [2.05, 4.69) is 12.2 Å². The number of hydrogen-bond donors (Lipinski definition) is 1. The molecule has 0 aromatic heterocycles. The Morgan fingerprint density at radius 3 is 2.62 bits per heavy atom. The zero-order valence-electron chi connectivity index (χ0n) is 13.2. The van der Waals surface area contributed by atoms with Crippen LogP contribution in [0.1, 0.15) is 31.7 Å². The molecule has 118 valence electrons. The second kappa shape index (κ2) is 7.76. The largest absolute Gasteiger partial charge is 0.494 e. The minimum absolute atomic E-state index is 0.210. The van der Waals surface area contributed by atoms with Gasteiger partial charge in [-0.1, -0.05) is 13.0 Å². The van der Waals surface area contributed by atoms with Gasteiger partial charge in [0.2, 0.25) is 0 Å². The molecule has 3 nitrogen and oxygen atoms in total. The molecule has 21 heavy (non-hydrogen) atoms. The van der Waals surface area contributed by atoms with Crippen molar-refractivity contribution in [1.29, 1.82) is 0 Å². The fourth-order valence-corrected chi connectivity index (χ4v) is 2.84. The van der Waals surface area contributed by atoms with Gasteiger partial charge in [0.1, 0.15) is 0 Å². The average Bonchev–Trinajstić information content (AvgIpc) is 3.30. The van der Waals surface area contributed by atoms with E-state index < -0.39 is 0 Å². The van der Waals surface area contributed by atoms with Gasteiger partial charge in [-0.2, -0.15) is 0 Å². The molecule has 4 heteroatoms. The molecule has 0 spiro atoms. The van der Waals surface area contributed by atoms with Crippen LogP contribution in [-0.4, -0.2) is 32.9 Å². The molecule has 1 N–H and O–H groups in total. The predicted octanol–water partition coefficient (Wildman–Crippen LogP) is 3.17. The molecular weight excluding hydrogens is 269 g/mol. The average molecular weight is 295 g/mol. The lowest BCUT2D eigenvalue weighted by Crippen LogP contribution is -2.44. The number of halogens is 1. The van der Waals surface area contributed by atoms with E-state index in [4.69, 9.17) is 9.47 Å². The van der Waals surface area contributed by atoms with Gasteiger partial charge in [-0.05, 0) is 55.8 Å². The topological polar surface area (TPSA) is 30.5 Å². The van der Waals surface area contributed by atoms with Gasteiger partial charge >= 0.3 is 0 Å². The van der Waals surface area contributed by atoms with Gasteiger partial charge in [0, 0.05) is 13.2 Å². The van der Waals surface area contributed by atoms with Crippen molar-refractivity contribution in [3.63, 3.8) is 0 Å². The summed E-state index contributed by atoms with van der Waals surface area (Å²) in [6.45, 7) is 3.10. The lowest BCUT2D eigenvalue weighted by Gasteiger charge is -2.27. The Labute approximate surface area is 126 Å². The van der Waals surface area contributed by atoms with Crippen molar-refractivity contribution >= 4 is 0 Å². The van der Waals surface area contributed by atoms with Crippen molar-refractivity contribution in [2.24, 2.45) is 5.92 Å². The van der Waals surface area contributed by atoms with Crippen LogP contribution >= 0.6 is 0 Å². The van der Waals surface area contributed by atoms with Gasteiger partial charge in [-0.25, -0.2) is 4.39 Å². The Morgan fingerprint density at radius 2 is 2.10 bits per heavy atom. The molecule has 1 aliphatic rings. The molecule has 1 aliphatic carbocycles. The first-order chi connectivity index (χ1) is 10.2. The summed E-state index contributed by atoms with van der Waals surface area (Å²) in [5.74, 6) is 0.638. The van der Waals surface area contributed by atoms with Gasteiger partial charge in [0.05, 0.1) is 13.2 Å². The zero-order chi connectivity index (χ0) is 15.2. The molecule has 2 atom stereocenters. The van der Waals surface area contributed by atoms with Crippen LogP contribution in [0, 0.1) is 11.7 Å². The van der Waals surface area contributed by atoms with Crippen molar-refractivity contribution in [3.8, 4) is 5.75 Å². The molecule has 0 bridgehead atoms. The quantitative estimate of drug-likeness (QED) is 0.759. The van der Waals surface area contributed by atoms with Crippen LogP contribution in [-0.2, 0) is 11.2 Å². The fourth-order valence-electron chi connectivity index (χ4n) is 2.84. The minimum atomic E-state index is -0.301. The summed E-state index contributed by atoms with van der Waals surface area (Å²) >= 11 is 0. The van der Waals surface area contributed by atoms with Crippen molar-refractivity contribution in [2.45, 2.75) is 44.8 Å². The Hall–Kier alpha value is -1.13. The summed E-state index contributed by atoms with van der Waals surface area (Å²) in [6, 6.07) is 5.43. The maximum Gasteiger partial charge on any atom is 0.165 e. The number of ether oxygens (including phenoxy) is 2. The van der Waals surface area contributed by atoms with E-state index in [1.54, 1.807) is 19.2 Å². The number of methoxy groups -OCH3 is 2. The third-order valence-corrected chi connectivity index (χ3v) is 4.08. The lowest BCUT2D eigenvalue weighted by molar-refractivity contribution is 0.0511. The van der Waals surface area contributed by atoms with E-state index in [0.29, 0.717) is 11.7 Å². The smallest absolute Gasteiger partial charge is 0.165 e. The van der Waals surface area contributed by atoms with Crippen LogP contribution < -0.4 is 10.1 Å². The molecule has 0 aliphatic heterocycles. The van der Waals surface area contributed by atoms with Gasteiger partial charge in [0.25, 0.3) is 0 Å². The van der Waals surface area contributed by atoms with Crippen LogP contribution in [0.3, 0.4) is 0 Å². The summed E-state index contributed by atoms with van der Waals surface area (Å²) in [6.07, 6.45) is 4.53. The van der Waals surface area contributed by atoms with E-state index in [0.717, 1.165) is 24.9 Å². The molecule has 0 saturated heterocycles. The van der Waals surface area contributed by atoms with Crippen molar-refractivity contribution in [2.75, 3.05) is 20.8 Å². The molecule has 1 aromatic rings.